The van der Waals surface area contributed by atoms with Crippen LogP contribution in [-0.4, -0.2) is 57.6 Å². The summed E-state index contributed by atoms with van der Waals surface area (Å²) in [6.07, 6.45) is -1.79. The highest BCUT2D eigenvalue weighted by atomic mass is 79.9. The van der Waals surface area contributed by atoms with E-state index in [-0.39, 0.29) is 21.4 Å². The van der Waals surface area contributed by atoms with Crippen LogP contribution in [0.5, 0.6) is 5.75 Å². The Morgan fingerprint density at radius 2 is 1.66 bits per heavy atom. The number of likely N-dealkylation sites (N-methyl/N-ethyl adjacent to an activating group) is 1. The molecule has 1 aliphatic heterocycles. The van der Waals surface area contributed by atoms with Gasteiger partial charge in [0.1, 0.15) is 5.75 Å². The van der Waals surface area contributed by atoms with E-state index in [0.717, 1.165) is 23.3 Å². The van der Waals surface area contributed by atoms with E-state index in [0.29, 0.717) is 39.8 Å². The third-order valence-electron chi connectivity index (χ3n) is 6.52. The number of anilines is 1. The van der Waals surface area contributed by atoms with Crippen molar-refractivity contribution in [1.29, 1.82) is 0 Å². The second kappa shape index (κ2) is 9.07. The van der Waals surface area contributed by atoms with Crippen molar-refractivity contribution in [3.63, 3.8) is 0 Å². The number of halogens is 3. The summed E-state index contributed by atoms with van der Waals surface area (Å²) in [5.74, 6) is 0.596. The highest BCUT2D eigenvalue weighted by Crippen LogP contribution is 2.42. The summed E-state index contributed by atoms with van der Waals surface area (Å²) >= 11 is 3.30. The van der Waals surface area contributed by atoms with Gasteiger partial charge in [-0.05, 0) is 31.3 Å². The maximum atomic E-state index is 14.1. The van der Waals surface area contributed by atoms with Crippen molar-refractivity contribution in [1.82, 2.24) is 8.87 Å². The Morgan fingerprint density at radius 1 is 0.971 bits per heavy atom. The van der Waals surface area contributed by atoms with E-state index in [1.807, 2.05) is 19.2 Å². The van der Waals surface area contributed by atoms with E-state index < -0.39 is 16.4 Å². The molecule has 0 amide bonds. The van der Waals surface area contributed by atoms with Crippen LogP contribution in [0.4, 0.5) is 14.5 Å². The van der Waals surface area contributed by atoms with Crippen molar-refractivity contribution in [2.24, 2.45) is 0 Å². The molecule has 0 N–H and O–H groups in total. The number of hydrogen-bond donors (Lipinski definition) is 0. The lowest BCUT2D eigenvalue weighted by atomic mass is 10.1. The number of fused-ring (bicyclic) bond motifs is 2. The second-order valence-corrected chi connectivity index (χ2v) is 11.3. The minimum atomic E-state index is -4.24. The van der Waals surface area contributed by atoms with Crippen molar-refractivity contribution in [3.05, 3.63) is 64.8 Å². The summed E-state index contributed by atoms with van der Waals surface area (Å²) in [7, 11) is -0.625. The van der Waals surface area contributed by atoms with Crippen LogP contribution in [-0.2, 0) is 10.0 Å². The Balaban J connectivity index is 1.78. The van der Waals surface area contributed by atoms with Gasteiger partial charge in [0.2, 0.25) is 0 Å². The summed E-state index contributed by atoms with van der Waals surface area (Å²) < 4.78 is 63.3. The fourth-order valence-electron chi connectivity index (χ4n) is 4.69. The van der Waals surface area contributed by atoms with Crippen molar-refractivity contribution < 1.29 is 21.9 Å². The fourth-order valence-corrected chi connectivity index (χ4v) is 6.65. The predicted octanol–water partition coefficient (Wildman–Crippen LogP) is 5.49. The van der Waals surface area contributed by atoms with Gasteiger partial charge in [-0.1, -0.05) is 40.2 Å². The zero-order chi connectivity index (χ0) is 24.9. The lowest BCUT2D eigenvalue weighted by molar-refractivity contribution is 0.153. The highest BCUT2D eigenvalue weighted by Gasteiger charge is 2.29. The number of hydrogen-bond acceptors (Lipinski definition) is 5. The molecule has 0 saturated carbocycles. The van der Waals surface area contributed by atoms with Gasteiger partial charge in [0, 0.05) is 58.6 Å². The van der Waals surface area contributed by atoms with Gasteiger partial charge in [0.25, 0.3) is 16.4 Å². The minimum Gasteiger partial charge on any atom is -0.494 e. The Morgan fingerprint density at radius 3 is 2.31 bits per heavy atom. The molecule has 1 aromatic heterocycles. The molecule has 0 spiro atoms. The molecule has 1 saturated heterocycles. The fraction of sp³-hybridized carbons (Fsp3) is 0.280. The molecule has 4 aromatic rings. The first-order valence-corrected chi connectivity index (χ1v) is 13.3. The van der Waals surface area contributed by atoms with Crippen LogP contribution in [0.2, 0.25) is 0 Å². The van der Waals surface area contributed by atoms with E-state index in [1.165, 1.54) is 12.1 Å². The van der Waals surface area contributed by atoms with E-state index in [9.17, 15) is 17.2 Å². The van der Waals surface area contributed by atoms with Crippen LogP contribution in [0.25, 0.3) is 21.7 Å². The summed E-state index contributed by atoms with van der Waals surface area (Å²) in [5.41, 5.74) is 0.540. The molecule has 2 heterocycles. The van der Waals surface area contributed by atoms with Crippen LogP contribution in [0.1, 0.15) is 12.0 Å². The average Bonchev–Trinajstić information content (AvgIpc) is 3.23. The lowest BCUT2D eigenvalue weighted by Gasteiger charge is -2.35. The molecule has 0 atom stereocenters. The van der Waals surface area contributed by atoms with Crippen LogP contribution in [0.3, 0.4) is 0 Å². The number of methoxy groups -OCH3 is 1. The van der Waals surface area contributed by atoms with Crippen LogP contribution in [0.15, 0.2) is 64.1 Å². The summed E-state index contributed by atoms with van der Waals surface area (Å²) in [6, 6.07) is 13.4. The van der Waals surface area contributed by atoms with E-state index in [4.69, 9.17) is 4.74 Å². The molecule has 0 radical (unpaired) electrons. The zero-order valence-electron chi connectivity index (χ0n) is 19.2. The van der Waals surface area contributed by atoms with E-state index in [2.05, 4.69) is 25.7 Å². The number of nitrogens with zero attached hydrogens (tertiary/aromatic N) is 3. The van der Waals surface area contributed by atoms with Gasteiger partial charge in [-0.2, -0.15) is 0 Å². The Bertz CT molecular complexity index is 1530. The summed E-state index contributed by atoms with van der Waals surface area (Å²) in [4.78, 5) is 4.36. The average molecular weight is 564 g/mol. The van der Waals surface area contributed by atoms with Crippen molar-refractivity contribution >= 4 is 53.3 Å². The second-order valence-electron chi connectivity index (χ2n) is 8.61. The topological polar surface area (TPSA) is 54.8 Å². The molecule has 0 unspecified atom stereocenters. The maximum absolute atomic E-state index is 14.1. The molecule has 5 rings (SSSR count). The van der Waals surface area contributed by atoms with Gasteiger partial charge in [0.15, 0.2) is 0 Å². The van der Waals surface area contributed by atoms with Gasteiger partial charge in [0.05, 0.1) is 23.2 Å². The SMILES string of the molecule is COc1c(N2CCN(C)CC2)cc(S(=O)(=O)n2cc(C(F)F)c3cc(Br)ccc32)c2ccccc12. The minimum absolute atomic E-state index is 0.0449. The number of aromatic nitrogens is 1. The first-order valence-electron chi connectivity index (χ1n) is 11.1. The number of rotatable bonds is 5. The highest BCUT2D eigenvalue weighted by molar-refractivity contribution is 9.10. The van der Waals surface area contributed by atoms with E-state index in [1.54, 1.807) is 31.4 Å². The van der Waals surface area contributed by atoms with Crippen molar-refractivity contribution in [3.8, 4) is 5.75 Å². The molecule has 3 aromatic carbocycles. The summed E-state index contributed by atoms with van der Waals surface area (Å²) in [6.45, 7) is 3.07. The monoisotopic (exact) mass is 563 g/mol. The van der Waals surface area contributed by atoms with Crippen LogP contribution in [0, 0.1) is 0 Å². The molecule has 0 aliphatic carbocycles. The van der Waals surface area contributed by atoms with Gasteiger partial charge < -0.3 is 14.5 Å². The zero-order valence-corrected chi connectivity index (χ0v) is 21.6. The third-order valence-corrected chi connectivity index (χ3v) is 8.73. The molecule has 35 heavy (non-hydrogen) atoms. The van der Waals surface area contributed by atoms with Gasteiger partial charge in [-0.25, -0.2) is 21.2 Å². The molecule has 184 valence electrons. The standard InChI is InChI=1S/C25H24BrF2N3O3S/c1-29-9-11-30(12-10-29)22-14-23(17-5-3-4-6-18(17)24(22)34-2)35(32,33)31-15-20(25(27)28)19-13-16(26)7-8-21(19)31/h3-8,13-15,25H,9-12H2,1-2H3. The molecule has 0 bridgehead atoms. The first kappa shape index (κ1) is 24.0. The normalized spacial score (nSPS) is 15.4. The van der Waals surface area contributed by atoms with Crippen LogP contribution >= 0.6 is 15.9 Å². The Hall–Kier alpha value is -2.69. The van der Waals surface area contributed by atoms with E-state index >= 15 is 0 Å². The van der Waals surface area contributed by atoms with Gasteiger partial charge >= 0.3 is 0 Å². The summed E-state index contributed by atoms with van der Waals surface area (Å²) in [5, 5.41) is 1.31. The first-order chi connectivity index (χ1) is 16.7. The Kier molecular flexibility index (Phi) is 6.23. The van der Waals surface area contributed by atoms with Crippen molar-refractivity contribution in [2.75, 3.05) is 45.2 Å². The number of benzene rings is 3. The largest absolute Gasteiger partial charge is 0.494 e. The van der Waals surface area contributed by atoms with Crippen LogP contribution < -0.4 is 9.64 Å². The molecular formula is C25H24BrF2N3O3S. The quantitative estimate of drug-likeness (QED) is 0.321. The third kappa shape index (κ3) is 4.07. The number of alkyl halides is 2. The maximum Gasteiger partial charge on any atom is 0.268 e. The Labute approximate surface area is 210 Å². The van der Waals surface area contributed by atoms with Gasteiger partial charge in [-0.3, -0.25) is 0 Å². The molecule has 1 fully saturated rings. The molecule has 1 aliphatic rings. The number of ether oxygens (including phenoxy) is 1. The predicted molar refractivity (Wildman–Crippen MR) is 137 cm³/mol. The molecule has 6 nitrogen and oxygen atoms in total. The number of piperazine rings is 1. The van der Waals surface area contributed by atoms with Crippen molar-refractivity contribution in [2.45, 2.75) is 11.3 Å². The lowest BCUT2D eigenvalue weighted by Crippen LogP contribution is -2.44. The smallest absolute Gasteiger partial charge is 0.268 e. The van der Waals surface area contributed by atoms with Gasteiger partial charge in [-0.15, -0.1) is 0 Å². The molecule has 10 heteroatoms. The molecular weight excluding hydrogens is 540 g/mol.